The summed E-state index contributed by atoms with van der Waals surface area (Å²) in [6, 6.07) is 2.71. The molecule has 0 saturated carbocycles. The lowest BCUT2D eigenvalue weighted by Gasteiger charge is -2.16. The number of benzene rings is 1. The summed E-state index contributed by atoms with van der Waals surface area (Å²) in [5, 5.41) is -0.0701. The van der Waals surface area contributed by atoms with Crippen molar-refractivity contribution in [2.24, 2.45) is 0 Å². The Morgan fingerprint density at radius 1 is 1.17 bits per heavy atom. The fourth-order valence-corrected chi connectivity index (χ4v) is 2.35. The van der Waals surface area contributed by atoms with Crippen LogP contribution in [0.1, 0.15) is 26.1 Å². The van der Waals surface area contributed by atoms with Crippen molar-refractivity contribution in [3.63, 3.8) is 0 Å². The second-order valence-electron chi connectivity index (χ2n) is 5.29. The van der Waals surface area contributed by atoms with Gasteiger partial charge in [0.15, 0.2) is 0 Å². The molecule has 130 valence electrons. The Hall–Kier alpha value is -2.22. The first kappa shape index (κ1) is 18.1. The molecule has 0 amide bonds. The van der Waals surface area contributed by atoms with Crippen LogP contribution in [0.15, 0.2) is 27.8 Å². The first-order valence-electron chi connectivity index (χ1n) is 6.93. The molecule has 0 aliphatic carbocycles. The van der Waals surface area contributed by atoms with E-state index in [2.05, 4.69) is 0 Å². The van der Waals surface area contributed by atoms with Gasteiger partial charge in [0.05, 0.1) is 16.8 Å². The molecular formula is C15H14ClF3N2O3. The van der Waals surface area contributed by atoms with Gasteiger partial charge in [-0.15, -0.1) is 0 Å². The van der Waals surface area contributed by atoms with Gasteiger partial charge in [-0.2, -0.15) is 8.78 Å². The SMILES string of the molecule is Cc1cc(=O)n(-c2cc(OC(C)C)c(Cl)cc2F)c(=O)n1C(F)F. The van der Waals surface area contributed by atoms with Gasteiger partial charge in [-0.05, 0) is 26.8 Å². The molecule has 1 heterocycles. The second-order valence-corrected chi connectivity index (χ2v) is 5.70. The van der Waals surface area contributed by atoms with Crippen LogP contribution in [-0.2, 0) is 0 Å². The van der Waals surface area contributed by atoms with Crippen molar-refractivity contribution >= 4 is 11.6 Å². The van der Waals surface area contributed by atoms with E-state index in [1.54, 1.807) is 13.8 Å². The molecule has 0 bridgehead atoms. The predicted molar refractivity (Wildman–Crippen MR) is 83.0 cm³/mol. The number of ether oxygens (including phenoxy) is 1. The van der Waals surface area contributed by atoms with Gasteiger partial charge < -0.3 is 4.74 Å². The predicted octanol–water partition coefficient (Wildman–Crippen LogP) is 3.28. The Kier molecular flexibility index (Phi) is 5.08. The molecule has 0 radical (unpaired) electrons. The third-order valence-electron chi connectivity index (χ3n) is 3.13. The summed E-state index contributed by atoms with van der Waals surface area (Å²) in [4.78, 5) is 24.3. The molecule has 2 rings (SSSR count). The minimum Gasteiger partial charge on any atom is -0.489 e. The number of alkyl halides is 2. The van der Waals surface area contributed by atoms with Gasteiger partial charge in [-0.3, -0.25) is 4.79 Å². The Morgan fingerprint density at radius 2 is 1.79 bits per heavy atom. The van der Waals surface area contributed by atoms with E-state index in [-0.39, 0.29) is 27.1 Å². The van der Waals surface area contributed by atoms with Crippen molar-refractivity contribution < 1.29 is 17.9 Å². The molecular weight excluding hydrogens is 349 g/mol. The molecule has 1 aromatic heterocycles. The molecule has 0 saturated heterocycles. The van der Waals surface area contributed by atoms with Crippen LogP contribution < -0.4 is 16.0 Å². The number of aryl methyl sites for hydroxylation is 1. The zero-order valence-corrected chi connectivity index (χ0v) is 13.8. The van der Waals surface area contributed by atoms with Crippen molar-refractivity contribution in [2.45, 2.75) is 33.4 Å². The molecule has 1 aromatic carbocycles. The summed E-state index contributed by atoms with van der Waals surface area (Å²) in [7, 11) is 0. The molecule has 0 atom stereocenters. The Labute approximate surface area is 139 Å². The molecule has 0 spiro atoms. The van der Waals surface area contributed by atoms with Crippen LogP contribution in [0.25, 0.3) is 5.69 Å². The van der Waals surface area contributed by atoms with E-state index in [0.29, 0.717) is 4.57 Å². The second kappa shape index (κ2) is 6.72. The third kappa shape index (κ3) is 3.33. The zero-order chi connectivity index (χ0) is 18.2. The summed E-state index contributed by atoms with van der Waals surface area (Å²) in [6.45, 7) is 1.40. The smallest absolute Gasteiger partial charge is 0.340 e. The summed E-state index contributed by atoms with van der Waals surface area (Å²) in [5.41, 5.74) is -3.04. The van der Waals surface area contributed by atoms with Gasteiger partial charge in [-0.25, -0.2) is 18.3 Å². The number of nitrogens with zero attached hydrogens (tertiary/aromatic N) is 2. The first-order valence-corrected chi connectivity index (χ1v) is 7.30. The molecule has 2 aromatic rings. The van der Waals surface area contributed by atoms with Crippen LogP contribution in [0.3, 0.4) is 0 Å². The van der Waals surface area contributed by atoms with Gasteiger partial charge in [0.1, 0.15) is 11.6 Å². The number of hydrogen-bond acceptors (Lipinski definition) is 3. The maximum Gasteiger partial charge on any atom is 0.340 e. The molecule has 9 heteroatoms. The van der Waals surface area contributed by atoms with E-state index in [0.717, 1.165) is 18.2 Å². The Balaban J connectivity index is 2.80. The molecule has 24 heavy (non-hydrogen) atoms. The number of rotatable bonds is 4. The van der Waals surface area contributed by atoms with E-state index < -0.39 is 29.3 Å². The van der Waals surface area contributed by atoms with E-state index in [4.69, 9.17) is 16.3 Å². The van der Waals surface area contributed by atoms with Gasteiger partial charge in [0, 0.05) is 17.8 Å². The quantitative estimate of drug-likeness (QED) is 0.838. The van der Waals surface area contributed by atoms with Crippen LogP contribution >= 0.6 is 11.6 Å². The minimum atomic E-state index is -3.17. The lowest BCUT2D eigenvalue weighted by atomic mass is 10.2. The van der Waals surface area contributed by atoms with Crippen molar-refractivity contribution in [1.29, 1.82) is 0 Å². The summed E-state index contributed by atoms with van der Waals surface area (Å²) in [6.07, 6.45) is -0.312. The number of halogens is 4. The molecule has 5 nitrogen and oxygen atoms in total. The maximum absolute atomic E-state index is 14.2. The monoisotopic (exact) mass is 362 g/mol. The Morgan fingerprint density at radius 3 is 2.33 bits per heavy atom. The molecule has 0 aliphatic rings. The lowest BCUT2D eigenvalue weighted by molar-refractivity contribution is 0.0615. The topological polar surface area (TPSA) is 53.2 Å². The van der Waals surface area contributed by atoms with E-state index in [9.17, 15) is 22.8 Å². The highest BCUT2D eigenvalue weighted by molar-refractivity contribution is 6.32. The van der Waals surface area contributed by atoms with Crippen molar-refractivity contribution in [1.82, 2.24) is 9.13 Å². The normalized spacial score (nSPS) is 11.4. The van der Waals surface area contributed by atoms with Gasteiger partial charge >= 0.3 is 12.2 Å². The summed E-state index contributed by atoms with van der Waals surface area (Å²) < 4.78 is 46.1. The number of aromatic nitrogens is 2. The van der Waals surface area contributed by atoms with Crippen LogP contribution in [0.5, 0.6) is 5.75 Å². The van der Waals surface area contributed by atoms with Crippen LogP contribution in [-0.4, -0.2) is 15.2 Å². The largest absolute Gasteiger partial charge is 0.489 e. The fraction of sp³-hybridized carbons (Fsp3) is 0.333. The van der Waals surface area contributed by atoms with E-state index in [1.165, 1.54) is 6.92 Å². The molecule has 0 fully saturated rings. The average Bonchev–Trinajstić information content (AvgIpc) is 2.41. The highest BCUT2D eigenvalue weighted by Crippen LogP contribution is 2.29. The van der Waals surface area contributed by atoms with Gasteiger partial charge in [0.2, 0.25) is 0 Å². The third-order valence-corrected chi connectivity index (χ3v) is 3.43. The first-order chi connectivity index (χ1) is 11.1. The van der Waals surface area contributed by atoms with Crippen molar-refractivity contribution in [3.8, 4) is 11.4 Å². The van der Waals surface area contributed by atoms with E-state index >= 15 is 0 Å². The fourth-order valence-electron chi connectivity index (χ4n) is 2.16. The molecule has 0 unspecified atom stereocenters. The van der Waals surface area contributed by atoms with Crippen LogP contribution in [0.2, 0.25) is 5.02 Å². The van der Waals surface area contributed by atoms with Crippen LogP contribution in [0, 0.1) is 12.7 Å². The number of hydrogen-bond donors (Lipinski definition) is 0. The minimum absolute atomic E-state index is 0.0264. The standard InChI is InChI=1S/C15H14ClF3N2O3/c1-7(2)24-12-6-11(10(17)5-9(12)16)21-13(22)4-8(3)20(14(18)19)15(21)23/h4-7,14H,1-3H3. The van der Waals surface area contributed by atoms with Gasteiger partial charge in [-0.1, -0.05) is 11.6 Å². The highest BCUT2D eigenvalue weighted by atomic mass is 35.5. The molecule has 0 N–H and O–H groups in total. The Bertz CT molecular complexity index is 891. The van der Waals surface area contributed by atoms with Crippen molar-refractivity contribution in [2.75, 3.05) is 0 Å². The summed E-state index contributed by atoms with van der Waals surface area (Å²) in [5.74, 6) is -0.987. The lowest BCUT2D eigenvalue weighted by Crippen LogP contribution is -2.40. The maximum atomic E-state index is 14.2. The zero-order valence-electron chi connectivity index (χ0n) is 13.0. The van der Waals surface area contributed by atoms with E-state index in [1.807, 2.05) is 0 Å². The van der Waals surface area contributed by atoms with Crippen molar-refractivity contribution in [3.05, 3.63) is 55.6 Å². The molecule has 0 aliphatic heterocycles. The summed E-state index contributed by atoms with van der Waals surface area (Å²) >= 11 is 5.86. The average molecular weight is 363 g/mol. The highest BCUT2D eigenvalue weighted by Gasteiger charge is 2.20. The van der Waals surface area contributed by atoms with Gasteiger partial charge in [0.25, 0.3) is 5.56 Å². The van der Waals surface area contributed by atoms with Crippen LogP contribution in [0.4, 0.5) is 13.2 Å².